The van der Waals surface area contributed by atoms with Gasteiger partial charge in [-0.2, -0.15) is 10.1 Å². The van der Waals surface area contributed by atoms with Gasteiger partial charge in [0.1, 0.15) is 11.5 Å². The fourth-order valence-corrected chi connectivity index (χ4v) is 4.65. The zero-order valence-corrected chi connectivity index (χ0v) is 15.5. The molecule has 3 aliphatic rings. The summed E-state index contributed by atoms with van der Waals surface area (Å²) in [5, 5.41) is 16.2. The first-order valence-corrected chi connectivity index (χ1v) is 9.39. The van der Waals surface area contributed by atoms with Gasteiger partial charge in [0.25, 0.3) is 17.5 Å². The number of carbonyl (C=O) groups excluding carboxylic acids is 2. The van der Waals surface area contributed by atoms with Crippen molar-refractivity contribution in [3.8, 4) is 11.3 Å². The molecule has 2 amide bonds. The lowest BCUT2D eigenvalue weighted by Crippen LogP contribution is -2.28. The van der Waals surface area contributed by atoms with Crippen molar-refractivity contribution < 1.29 is 18.9 Å². The van der Waals surface area contributed by atoms with Crippen molar-refractivity contribution in [1.29, 1.82) is 0 Å². The summed E-state index contributed by atoms with van der Waals surface area (Å²) in [6.45, 7) is 1.67. The molecule has 1 aromatic heterocycles. The van der Waals surface area contributed by atoms with Gasteiger partial charge in [0, 0.05) is 17.2 Å². The van der Waals surface area contributed by atoms with Gasteiger partial charge in [0.15, 0.2) is 0 Å². The maximum atomic E-state index is 12.6. The van der Waals surface area contributed by atoms with Crippen LogP contribution < -0.4 is 0 Å². The number of furan rings is 1. The summed E-state index contributed by atoms with van der Waals surface area (Å²) in [6, 6.07) is 8.16. The van der Waals surface area contributed by atoms with Crippen LogP contribution in [0.25, 0.3) is 11.3 Å². The molecule has 5 rings (SSSR count). The van der Waals surface area contributed by atoms with E-state index in [1.165, 1.54) is 12.3 Å². The molecule has 1 aliphatic heterocycles. The molecule has 8 heteroatoms. The summed E-state index contributed by atoms with van der Waals surface area (Å²) in [7, 11) is 0. The quantitative estimate of drug-likeness (QED) is 0.261. The summed E-state index contributed by atoms with van der Waals surface area (Å²) >= 11 is 0. The molecule has 4 unspecified atom stereocenters. The van der Waals surface area contributed by atoms with E-state index in [4.69, 9.17) is 4.42 Å². The number of nitro benzene ring substituents is 1. The summed E-state index contributed by atoms with van der Waals surface area (Å²) in [5.41, 5.74) is 1.14. The first-order valence-electron chi connectivity index (χ1n) is 9.39. The molecule has 0 N–H and O–H groups in total. The topological polar surface area (TPSA) is 106 Å². The number of fused-ring (bicyclic) bond motifs is 5. The minimum Gasteiger partial charge on any atom is -0.455 e. The second-order valence-corrected chi connectivity index (χ2v) is 7.69. The van der Waals surface area contributed by atoms with Crippen molar-refractivity contribution in [2.24, 2.45) is 28.8 Å². The van der Waals surface area contributed by atoms with Crippen LogP contribution in [0.4, 0.5) is 5.69 Å². The SMILES string of the molecule is Cc1ccc(-c2ccc(/C=N/N3C(=O)C4C5C=CC(C5)C4C3=O)o2)cc1[N+](=O)[O-]. The van der Waals surface area contributed by atoms with Gasteiger partial charge in [0.05, 0.1) is 23.0 Å². The van der Waals surface area contributed by atoms with E-state index in [9.17, 15) is 19.7 Å². The van der Waals surface area contributed by atoms with E-state index in [2.05, 4.69) is 5.10 Å². The average molecular weight is 391 g/mol. The van der Waals surface area contributed by atoms with Crippen LogP contribution in [0.15, 0.2) is 52.0 Å². The van der Waals surface area contributed by atoms with Crippen LogP contribution in [-0.4, -0.2) is 28.0 Å². The van der Waals surface area contributed by atoms with Crippen molar-refractivity contribution in [3.63, 3.8) is 0 Å². The molecule has 29 heavy (non-hydrogen) atoms. The van der Waals surface area contributed by atoms with Crippen molar-refractivity contribution in [2.75, 3.05) is 0 Å². The number of imide groups is 1. The number of hydrogen-bond donors (Lipinski definition) is 0. The third-order valence-corrected chi connectivity index (χ3v) is 6.06. The van der Waals surface area contributed by atoms with Crippen LogP contribution in [0.3, 0.4) is 0 Å². The second-order valence-electron chi connectivity index (χ2n) is 7.69. The first-order chi connectivity index (χ1) is 13.9. The molecule has 2 bridgehead atoms. The largest absolute Gasteiger partial charge is 0.455 e. The number of hydrazone groups is 1. The number of aryl methyl sites for hydroxylation is 1. The summed E-state index contributed by atoms with van der Waals surface area (Å²) in [6.07, 6.45) is 6.26. The van der Waals surface area contributed by atoms with Crippen LogP contribution >= 0.6 is 0 Å². The number of hydrogen-bond acceptors (Lipinski definition) is 6. The van der Waals surface area contributed by atoms with Gasteiger partial charge in [-0.1, -0.05) is 24.3 Å². The molecule has 1 aromatic carbocycles. The van der Waals surface area contributed by atoms with Crippen molar-refractivity contribution in [3.05, 3.63) is 63.9 Å². The van der Waals surface area contributed by atoms with E-state index in [0.717, 1.165) is 11.4 Å². The molecule has 1 saturated heterocycles. The number of benzene rings is 1. The third kappa shape index (κ3) is 2.63. The fourth-order valence-electron chi connectivity index (χ4n) is 4.65. The molecule has 0 radical (unpaired) electrons. The van der Waals surface area contributed by atoms with Gasteiger partial charge < -0.3 is 4.42 Å². The van der Waals surface area contributed by atoms with Crippen molar-refractivity contribution in [1.82, 2.24) is 5.01 Å². The summed E-state index contributed by atoms with van der Waals surface area (Å²) in [5.74, 6) is -0.0500. The Hall–Kier alpha value is -3.55. The molecule has 146 valence electrons. The van der Waals surface area contributed by atoms with E-state index in [0.29, 0.717) is 22.6 Å². The number of allylic oxidation sites excluding steroid dienone is 2. The summed E-state index contributed by atoms with van der Waals surface area (Å²) < 4.78 is 5.69. The molecule has 1 saturated carbocycles. The zero-order valence-electron chi connectivity index (χ0n) is 15.5. The highest BCUT2D eigenvalue weighted by atomic mass is 16.6. The molecule has 2 aromatic rings. The number of amides is 2. The van der Waals surface area contributed by atoms with Crippen LogP contribution in [0.1, 0.15) is 17.7 Å². The maximum Gasteiger partial charge on any atom is 0.273 e. The average Bonchev–Trinajstić information content (AvgIpc) is 3.46. The van der Waals surface area contributed by atoms with Crippen LogP contribution in [0.2, 0.25) is 0 Å². The number of nitro groups is 1. The van der Waals surface area contributed by atoms with Gasteiger partial charge in [-0.05, 0) is 37.3 Å². The standard InChI is InChI=1S/C21H17N3O5/c1-11-2-3-12(9-16(11)24(27)28)17-7-6-15(29-17)10-22-23-20(25)18-13-4-5-14(8-13)19(18)21(23)26/h2-7,9-10,13-14,18-19H,8H2,1H3/b22-10+. The van der Waals surface area contributed by atoms with Gasteiger partial charge in [0.2, 0.25) is 0 Å². The minimum atomic E-state index is -0.437. The van der Waals surface area contributed by atoms with E-state index in [1.54, 1.807) is 31.2 Å². The van der Waals surface area contributed by atoms with Crippen molar-refractivity contribution in [2.45, 2.75) is 13.3 Å². The number of rotatable bonds is 4. The first kappa shape index (κ1) is 17.5. The Morgan fingerprint density at radius 3 is 2.48 bits per heavy atom. The normalized spacial score (nSPS) is 27.4. The summed E-state index contributed by atoms with van der Waals surface area (Å²) in [4.78, 5) is 36.0. The van der Waals surface area contributed by atoms with Crippen LogP contribution in [0, 0.1) is 40.7 Å². The van der Waals surface area contributed by atoms with Gasteiger partial charge in [-0.3, -0.25) is 19.7 Å². The van der Waals surface area contributed by atoms with Gasteiger partial charge in [-0.15, -0.1) is 0 Å². The Balaban J connectivity index is 1.37. The molecular weight excluding hydrogens is 374 g/mol. The van der Waals surface area contributed by atoms with Crippen LogP contribution in [-0.2, 0) is 9.59 Å². The Morgan fingerprint density at radius 1 is 1.14 bits per heavy atom. The molecule has 4 atom stereocenters. The van der Waals surface area contributed by atoms with Crippen LogP contribution in [0.5, 0.6) is 0 Å². The lowest BCUT2D eigenvalue weighted by atomic mass is 9.85. The maximum absolute atomic E-state index is 12.6. The molecule has 2 fully saturated rings. The highest BCUT2D eigenvalue weighted by Crippen LogP contribution is 2.52. The van der Waals surface area contributed by atoms with Gasteiger partial charge in [-0.25, -0.2) is 0 Å². The van der Waals surface area contributed by atoms with E-state index >= 15 is 0 Å². The lowest BCUT2D eigenvalue weighted by molar-refractivity contribution is -0.385. The molecule has 8 nitrogen and oxygen atoms in total. The Kier molecular flexibility index (Phi) is 3.77. The highest BCUT2D eigenvalue weighted by molar-refractivity contribution is 6.06. The minimum absolute atomic E-state index is 0.0113. The Morgan fingerprint density at radius 2 is 1.83 bits per heavy atom. The fraction of sp³-hybridized carbons (Fsp3) is 0.286. The smallest absolute Gasteiger partial charge is 0.273 e. The Labute approximate surface area is 165 Å². The molecule has 2 aliphatic carbocycles. The molecule has 2 heterocycles. The molecule has 0 spiro atoms. The van der Waals surface area contributed by atoms with Gasteiger partial charge >= 0.3 is 0 Å². The number of carbonyl (C=O) groups is 2. The monoisotopic (exact) mass is 391 g/mol. The predicted octanol–water partition coefficient (Wildman–Crippen LogP) is 3.30. The Bertz CT molecular complexity index is 1090. The highest BCUT2D eigenvalue weighted by Gasteiger charge is 2.59. The molecular formula is C21H17N3O5. The second kappa shape index (κ2) is 6.23. The third-order valence-electron chi connectivity index (χ3n) is 6.06. The number of nitrogens with zero attached hydrogens (tertiary/aromatic N) is 3. The zero-order chi connectivity index (χ0) is 20.3. The van der Waals surface area contributed by atoms with E-state index in [1.807, 2.05) is 12.2 Å². The van der Waals surface area contributed by atoms with E-state index < -0.39 is 4.92 Å². The lowest BCUT2D eigenvalue weighted by Gasteiger charge is -2.13. The predicted molar refractivity (Wildman–Crippen MR) is 103 cm³/mol. The van der Waals surface area contributed by atoms with Crippen molar-refractivity contribution >= 4 is 23.7 Å². The van der Waals surface area contributed by atoms with E-state index in [-0.39, 0.29) is 41.2 Å².